The second-order valence-corrected chi connectivity index (χ2v) is 5.76. The number of hydrogen-bond donors (Lipinski definition) is 0. The highest BCUT2D eigenvalue weighted by molar-refractivity contribution is 5.85. The molecule has 2 aromatic rings. The minimum atomic E-state index is -0.775. The highest BCUT2D eigenvalue weighted by atomic mass is 16.5. The van der Waals surface area contributed by atoms with Crippen molar-refractivity contribution in [1.29, 1.82) is 5.26 Å². The first-order valence-corrected chi connectivity index (χ1v) is 7.51. The summed E-state index contributed by atoms with van der Waals surface area (Å²) in [6.45, 7) is 5.66. The van der Waals surface area contributed by atoms with E-state index in [0.717, 1.165) is 22.3 Å². The van der Waals surface area contributed by atoms with Gasteiger partial charge in [-0.25, -0.2) is 0 Å². The van der Waals surface area contributed by atoms with Crippen molar-refractivity contribution in [3.63, 3.8) is 0 Å². The van der Waals surface area contributed by atoms with Gasteiger partial charge in [0.2, 0.25) is 0 Å². The summed E-state index contributed by atoms with van der Waals surface area (Å²) < 4.78 is 5.31. The van der Waals surface area contributed by atoms with E-state index in [-0.39, 0.29) is 12.6 Å². The normalized spacial score (nSPS) is 21.5. The van der Waals surface area contributed by atoms with Crippen molar-refractivity contribution >= 4 is 5.97 Å². The Morgan fingerprint density at radius 2 is 1.74 bits per heavy atom. The van der Waals surface area contributed by atoms with E-state index in [1.54, 1.807) is 6.08 Å². The van der Waals surface area contributed by atoms with Gasteiger partial charge in [-0.15, -0.1) is 0 Å². The van der Waals surface area contributed by atoms with Gasteiger partial charge in [-0.2, -0.15) is 5.26 Å². The quantitative estimate of drug-likeness (QED) is 0.642. The number of benzene rings is 2. The zero-order valence-electron chi connectivity index (χ0n) is 13.0. The molecule has 0 aliphatic heterocycles. The Morgan fingerprint density at radius 1 is 1.22 bits per heavy atom. The Kier molecular flexibility index (Phi) is 3.75. The first-order valence-electron chi connectivity index (χ1n) is 7.51. The molecule has 0 saturated heterocycles. The molecule has 0 amide bonds. The van der Waals surface area contributed by atoms with Crippen LogP contribution in [-0.4, -0.2) is 12.6 Å². The fraction of sp³-hybridized carbons (Fsp3) is 0.200. The molecule has 0 bridgehead atoms. The van der Waals surface area contributed by atoms with Crippen LogP contribution in [0.4, 0.5) is 0 Å². The molecule has 0 spiro atoms. The van der Waals surface area contributed by atoms with E-state index in [4.69, 9.17) is 4.74 Å². The standard InChI is InChI=1S/C20H17NO2/c1-3-12-23-19(22)18-14-8-4-6-10-16(14)20(2,13-21)17-11-7-5-9-15(17)18/h3-11,18H,1,12H2,2H3. The second-order valence-electron chi connectivity index (χ2n) is 5.76. The van der Waals surface area contributed by atoms with Gasteiger partial charge in [0.1, 0.15) is 17.9 Å². The van der Waals surface area contributed by atoms with E-state index in [1.807, 2.05) is 55.5 Å². The average Bonchev–Trinajstić information content (AvgIpc) is 2.60. The molecule has 3 rings (SSSR count). The lowest BCUT2D eigenvalue weighted by atomic mass is 9.65. The zero-order chi connectivity index (χ0) is 16.4. The zero-order valence-corrected chi connectivity index (χ0v) is 13.0. The van der Waals surface area contributed by atoms with Crippen LogP contribution in [0.5, 0.6) is 0 Å². The lowest BCUT2D eigenvalue weighted by Gasteiger charge is -2.36. The van der Waals surface area contributed by atoms with E-state index >= 15 is 0 Å². The van der Waals surface area contributed by atoms with Crippen LogP contribution in [-0.2, 0) is 14.9 Å². The van der Waals surface area contributed by atoms with E-state index < -0.39 is 11.3 Å². The average molecular weight is 303 g/mol. The van der Waals surface area contributed by atoms with Gasteiger partial charge in [-0.3, -0.25) is 4.79 Å². The van der Waals surface area contributed by atoms with Crippen molar-refractivity contribution in [1.82, 2.24) is 0 Å². The first-order chi connectivity index (χ1) is 11.1. The van der Waals surface area contributed by atoms with Gasteiger partial charge in [-0.05, 0) is 29.2 Å². The fourth-order valence-electron chi connectivity index (χ4n) is 3.32. The molecule has 0 fully saturated rings. The highest BCUT2D eigenvalue weighted by Gasteiger charge is 2.43. The van der Waals surface area contributed by atoms with E-state index in [0.29, 0.717) is 0 Å². The van der Waals surface area contributed by atoms with Gasteiger partial charge < -0.3 is 4.74 Å². The predicted octanol–water partition coefficient (Wildman–Crippen LogP) is 3.69. The number of nitrogens with zero attached hydrogens (tertiary/aromatic N) is 1. The van der Waals surface area contributed by atoms with Gasteiger partial charge in [0.05, 0.1) is 6.07 Å². The Labute approximate surface area is 135 Å². The van der Waals surface area contributed by atoms with Gasteiger partial charge in [0, 0.05) is 0 Å². The van der Waals surface area contributed by atoms with Gasteiger partial charge in [0.25, 0.3) is 0 Å². The number of rotatable bonds is 3. The van der Waals surface area contributed by atoms with Crippen molar-refractivity contribution in [2.45, 2.75) is 18.3 Å². The SMILES string of the molecule is C=CCOC(=O)C1c2ccccc2C(C)(C#N)c2ccccc21. The Bertz CT molecular complexity index is 769. The second kappa shape index (κ2) is 5.73. The van der Waals surface area contributed by atoms with Gasteiger partial charge in [-0.1, -0.05) is 61.2 Å². The molecule has 3 heteroatoms. The van der Waals surface area contributed by atoms with Gasteiger partial charge >= 0.3 is 5.97 Å². The van der Waals surface area contributed by atoms with Crippen LogP contribution in [0.3, 0.4) is 0 Å². The van der Waals surface area contributed by atoms with Crippen molar-refractivity contribution < 1.29 is 9.53 Å². The molecule has 23 heavy (non-hydrogen) atoms. The maximum atomic E-state index is 12.6. The van der Waals surface area contributed by atoms with Crippen LogP contribution < -0.4 is 0 Å². The molecule has 0 N–H and O–H groups in total. The summed E-state index contributed by atoms with van der Waals surface area (Å²) in [5, 5.41) is 9.83. The third-order valence-corrected chi connectivity index (χ3v) is 4.42. The first kappa shape index (κ1) is 15.1. The molecular weight excluding hydrogens is 286 g/mol. The fourth-order valence-corrected chi connectivity index (χ4v) is 3.32. The summed E-state index contributed by atoms with van der Waals surface area (Å²) in [4.78, 5) is 12.6. The predicted molar refractivity (Wildman–Crippen MR) is 88.0 cm³/mol. The minimum absolute atomic E-state index is 0.176. The van der Waals surface area contributed by atoms with E-state index in [2.05, 4.69) is 12.6 Å². The van der Waals surface area contributed by atoms with Crippen LogP contribution in [0.1, 0.15) is 35.1 Å². The van der Waals surface area contributed by atoms with Crippen molar-refractivity contribution in [2.24, 2.45) is 0 Å². The molecule has 0 saturated carbocycles. The molecule has 2 aromatic carbocycles. The Hall–Kier alpha value is -2.86. The van der Waals surface area contributed by atoms with E-state index in [9.17, 15) is 10.1 Å². The lowest BCUT2D eigenvalue weighted by molar-refractivity contribution is -0.143. The summed E-state index contributed by atoms with van der Waals surface area (Å²) in [5.74, 6) is -0.825. The van der Waals surface area contributed by atoms with Crippen LogP contribution in [0, 0.1) is 11.3 Å². The molecule has 1 aliphatic carbocycles. The minimum Gasteiger partial charge on any atom is -0.461 e. The molecule has 1 aliphatic rings. The topological polar surface area (TPSA) is 50.1 Å². The van der Waals surface area contributed by atoms with E-state index in [1.165, 1.54) is 0 Å². The molecule has 0 radical (unpaired) electrons. The lowest BCUT2D eigenvalue weighted by Crippen LogP contribution is -2.34. The molecule has 3 nitrogen and oxygen atoms in total. The number of nitriles is 1. The molecule has 0 atom stereocenters. The maximum absolute atomic E-state index is 12.6. The van der Waals surface area contributed by atoms with Crippen LogP contribution in [0.15, 0.2) is 61.2 Å². The largest absolute Gasteiger partial charge is 0.461 e. The third kappa shape index (κ3) is 2.24. The van der Waals surface area contributed by atoms with Crippen LogP contribution in [0.25, 0.3) is 0 Å². The molecule has 0 unspecified atom stereocenters. The highest BCUT2D eigenvalue weighted by Crippen LogP contribution is 2.46. The maximum Gasteiger partial charge on any atom is 0.318 e. The molecule has 0 heterocycles. The summed E-state index contributed by atoms with van der Waals surface area (Å²) in [6, 6.07) is 17.6. The molecule has 114 valence electrons. The number of hydrogen-bond acceptors (Lipinski definition) is 3. The van der Waals surface area contributed by atoms with Crippen molar-refractivity contribution in [2.75, 3.05) is 6.61 Å². The number of esters is 1. The number of carbonyl (C=O) groups is 1. The Balaban J connectivity index is 2.24. The van der Waals surface area contributed by atoms with Crippen LogP contribution in [0.2, 0.25) is 0 Å². The monoisotopic (exact) mass is 303 g/mol. The van der Waals surface area contributed by atoms with Gasteiger partial charge in [0.15, 0.2) is 0 Å². The summed E-state index contributed by atoms with van der Waals surface area (Å²) in [6.07, 6.45) is 1.55. The summed E-state index contributed by atoms with van der Waals surface area (Å²) >= 11 is 0. The summed E-state index contributed by atoms with van der Waals surface area (Å²) in [7, 11) is 0. The summed E-state index contributed by atoms with van der Waals surface area (Å²) in [5.41, 5.74) is 2.62. The van der Waals surface area contributed by atoms with Crippen molar-refractivity contribution in [3.8, 4) is 6.07 Å². The van der Waals surface area contributed by atoms with Crippen molar-refractivity contribution in [3.05, 3.63) is 83.4 Å². The number of ether oxygens (including phenoxy) is 1. The third-order valence-electron chi connectivity index (χ3n) is 4.42. The number of carbonyl (C=O) groups excluding carboxylic acids is 1. The van der Waals surface area contributed by atoms with Crippen LogP contribution >= 0.6 is 0 Å². The smallest absolute Gasteiger partial charge is 0.318 e. The molecular formula is C20H17NO2. The Morgan fingerprint density at radius 3 is 2.22 bits per heavy atom. The molecule has 0 aromatic heterocycles. The number of fused-ring (bicyclic) bond motifs is 2.